The van der Waals surface area contributed by atoms with E-state index in [1.807, 2.05) is 11.8 Å². The number of hydrogen-bond acceptors (Lipinski definition) is 2. The fourth-order valence-corrected chi connectivity index (χ4v) is 2.55. The highest BCUT2D eigenvalue weighted by atomic mass is 32.2. The Kier molecular flexibility index (Phi) is 5.08. The molecule has 1 fully saturated rings. The van der Waals surface area contributed by atoms with E-state index in [9.17, 15) is 5.11 Å². The van der Waals surface area contributed by atoms with Gasteiger partial charge in [0, 0.05) is 0 Å². The molecule has 0 bridgehead atoms. The lowest BCUT2D eigenvalue weighted by atomic mass is 9.97. The number of rotatable bonds is 3. The van der Waals surface area contributed by atoms with E-state index >= 15 is 0 Å². The van der Waals surface area contributed by atoms with Gasteiger partial charge in [-0.1, -0.05) is 19.3 Å². The first kappa shape index (κ1) is 10.4. The van der Waals surface area contributed by atoms with Gasteiger partial charge in [-0.15, -0.1) is 0 Å². The van der Waals surface area contributed by atoms with Crippen molar-refractivity contribution in [2.24, 2.45) is 5.92 Å². The maximum absolute atomic E-state index is 9.55. The highest BCUT2D eigenvalue weighted by Crippen LogP contribution is 2.26. The third-order valence-corrected chi connectivity index (χ3v) is 3.38. The number of thioether (sulfide) groups is 1. The maximum atomic E-state index is 9.55. The fourth-order valence-electron chi connectivity index (χ4n) is 1.98. The third kappa shape index (κ3) is 3.81. The molecule has 2 unspecified atom stereocenters. The summed E-state index contributed by atoms with van der Waals surface area (Å²) in [4.78, 5) is 0. The van der Waals surface area contributed by atoms with Gasteiger partial charge in [-0.25, -0.2) is 0 Å². The quantitative estimate of drug-likeness (QED) is 0.687. The van der Waals surface area contributed by atoms with Crippen LogP contribution in [-0.4, -0.2) is 23.2 Å². The van der Waals surface area contributed by atoms with Crippen LogP contribution in [0.4, 0.5) is 0 Å². The Morgan fingerprint density at radius 3 is 2.83 bits per heavy atom. The number of hydrogen-bond donors (Lipinski definition) is 1. The van der Waals surface area contributed by atoms with Crippen molar-refractivity contribution in [2.75, 3.05) is 12.0 Å². The van der Waals surface area contributed by atoms with Crippen LogP contribution in [0.25, 0.3) is 0 Å². The summed E-state index contributed by atoms with van der Waals surface area (Å²) in [5, 5.41) is 9.55. The van der Waals surface area contributed by atoms with Gasteiger partial charge in [-0.3, -0.25) is 0 Å². The normalized spacial score (nSPS) is 31.5. The molecular weight excluding hydrogens is 168 g/mol. The molecular formula is C10H20OS. The summed E-state index contributed by atoms with van der Waals surface area (Å²) >= 11 is 1.92. The molecule has 2 heteroatoms. The van der Waals surface area contributed by atoms with E-state index in [-0.39, 0.29) is 6.10 Å². The third-order valence-electron chi connectivity index (χ3n) is 2.74. The molecule has 1 aliphatic rings. The van der Waals surface area contributed by atoms with E-state index in [1.54, 1.807) is 0 Å². The van der Waals surface area contributed by atoms with Gasteiger partial charge in [0.2, 0.25) is 0 Å². The van der Waals surface area contributed by atoms with Crippen LogP contribution in [0.1, 0.15) is 38.5 Å². The van der Waals surface area contributed by atoms with Gasteiger partial charge in [0.25, 0.3) is 0 Å². The molecule has 1 saturated carbocycles. The summed E-state index contributed by atoms with van der Waals surface area (Å²) in [5.41, 5.74) is 0. The molecule has 0 amide bonds. The second-order valence-electron chi connectivity index (χ2n) is 3.82. The topological polar surface area (TPSA) is 20.2 Å². The molecule has 1 N–H and O–H groups in total. The van der Waals surface area contributed by atoms with Crippen LogP contribution in [0, 0.1) is 5.92 Å². The smallest absolute Gasteiger partial charge is 0.0542 e. The average molecular weight is 188 g/mol. The van der Waals surface area contributed by atoms with E-state index in [0.717, 1.165) is 18.8 Å². The Labute approximate surface area is 79.9 Å². The van der Waals surface area contributed by atoms with Gasteiger partial charge in [0.15, 0.2) is 0 Å². The minimum Gasteiger partial charge on any atom is -0.393 e. The van der Waals surface area contributed by atoms with Crippen molar-refractivity contribution < 1.29 is 5.11 Å². The zero-order valence-corrected chi connectivity index (χ0v) is 8.78. The molecule has 0 spiro atoms. The summed E-state index contributed by atoms with van der Waals surface area (Å²) in [6, 6.07) is 0. The van der Waals surface area contributed by atoms with Gasteiger partial charge in [0.05, 0.1) is 6.10 Å². The van der Waals surface area contributed by atoms with Crippen molar-refractivity contribution >= 4 is 11.8 Å². The van der Waals surface area contributed by atoms with E-state index in [0.29, 0.717) is 0 Å². The Morgan fingerprint density at radius 2 is 2.08 bits per heavy atom. The van der Waals surface area contributed by atoms with E-state index < -0.39 is 0 Å². The predicted molar refractivity (Wildman–Crippen MR) is 55.6 cm³/mol. The van der Waals surface area contributed by atoms with E-state index in [1.165, 1.54) is 31.4 Å². The lowest BCUT2D eigenvalue weighted by Gasteiger charge is -2.15. The summed E-state index contributed by atoms with van der Waals surface area (Å²) in [5.74, 6) is 2.06. The highest BCUT2D eigenvalue weighted by molar-refractivity contribution is 7.98. The Morgan fingerprint density at radius 1 is 1.33 bits per heavy atom. The molecule has 0 aliphatic heterocycles. The van der Waals surface area contributed by atoms with Crippen molar-refractivity contribution in [1.82, 2.24) is 0 Å². The zero-order valence-electron chi connectivity index (χ0n) is 7.96. The molecule has 2 atom stereocenters. The Hall–Kier alpha value is 0.310. The Bertz CT molecular complexity index is 116. The largest absolute Gasteiger partial charge is 0.393 e. The van der Waals surface area contributed by atoms with Crippen LogP contribution < -0.4 is 0 Å². The van der Waals surface area contributed by atoms with Crippen LogP contribution in [-0.2, 0) is 0 Å². The first-order chi connectivity index (χ1) is 5.83. The lowest BCUT2D eigenvalue weighted by Crippen LogP contribution is -2.10. The van der Waals surface area contributed by atoms with Crippen molar-refractivity contribution in [3.8, 4) is 0 Å². The second kappa shape index (κ2) is 5.87. The van der Waals surface area contributed by atoms with Crippen LogP contribution in [0.2, 0.25) is 0 Å². The molecule has 0 aromatic carbocycles. The van der Waals surface area contributed by atoms with Crippen LogP contribution in [0.15, 0.2) is 0 Å². The molecule has 0 radical (unpaired) electrons. The minimum absolute atomic E-state index is 0.000596. The van der Waals surface area contributed by atoms with Gasteiger partial charge in [-0.05, 0) is 37.2 Å². The zero-order chi connectivity index (χ0) is 8.81. The summed E-state index contributed by atoms with van der Waals surface area (Å²) < 4.78 is 0. The van der Waals surface area contributed by atoms with Crippen molar-refractivity contribution in [3.05, 3.63) is 0 Å². The molecule has 0 aromatic heterocycles. The average Bonchev–Trinajstić information content (AvgIpc) is 2.26. The molecule has 0 saturated heterocycles. The molecule has 0 heterocycles. The summed E-state index contributed by atoms with van der Waals surface area (Å²) in [7, 11) is 0. The standard InChI is InChI=1S/C10H20OS/c1-12-7-6-9-4-2-3-5-10(11)8-9/h9-11H,2-8H2,1H3. The minimum atomic E-state index is -0.000596. The fraction of sp³-hybridized carbons (Fsp3) is 1.00. The van der Waals surface area contributed by atoms with Crippen molar-refractivity contribution in [2.45, 2.75) is 44.6 Å². The van der Waals surface area contributed by atoms with E-state index in [2.05, 4.69) is 6.26 Å². The second-order valence-corrected chi connectivity index (χ2v) is 4.81. The number of aliphatic hydroxyl groups excluding tert-OH is 1. The lowest BCUT2D eigenvalue weighted by molar-refractivity contribution is 0.140. The van der Waals surface area contributed by atoms with Crippen LogP contribution in [0.5, 0.6) is 0 Å². The molecule has 1 rings (SSSR count). The van der Waals surface area contributed by atoms with Gasteiger partial charge in [-0.2, -0.15) is 11.8 Å². The first-order valence-electron chi connectivity index (χ1n) is 5.00. The molecule has 1 nitrogen and oxygen atoms in total. The van der Waals surface area contributed by atoms with Gasteiger partial charge < -0.3 is 5.11 Å². The molecule has 0 aromatic rings. The maximum Gasteiger partial charge on any atom is 0.0542 e. The van der Waals surface area contributed by atoms with Crippen LogP contribution in [0.3, 0.4) is 0 Å². The van der Waals surface area contributed by atoms with Crippen molar-refractivity contribution in [1.29, 1.82) is 0 Å². The van der Waals surface area contributed by atoms with Gasteiger partial charge >= 0.3 is 0 Å². The monoisotopic (exact) mass is 188 g/mol. The van der Waals surface area contributed by atoms with E-state index in [4.69, 9.17) is 0 Å². The van der Waals surface area contributed by atoms with Crippen molar-refractivity contribution in [3.63, 3.8) is 0 Å². The molecule has 12 heavy (non-hydrogen) atoms. The summed E-state index contributed by atoms with van der Waals surface area (Å²) in [6.45, 7) is 0. The van der Waals surface area contributed by atoms with Crippen LogP contribution >= 0.6 is 11.8 Å². The number of aliphatic hydroxyl groups is 1. The summed E-state index contributed by atoms with van der Waals surface area (Å²) in [6.07, 6.45) is 9.46. The highest BCUT2D eigenvalue weighted by Gasteiger charge is 2.17. The van der Waals surface area contributed by atoms with Gasteiger partial charge in [0.1, 0.15) is 0 Å². The molecule has 1 aliphatic carbocycles. The molecule has 72 valence electrons. The Balaban J connectivity index is 2.21. The first-order valence-corrected chi connectivity index (χ1v) is 6.39. The SMILES string of the molecule is CSCCC1CCCCC(O)C1. The predicted octanol–water partition coefficient (Wildman–Crippen LogP) is 2.68.